The van der Waals surface area contributed by atoms with Crippen LogP contribution in [0.4, 0.5) is 11.4 Å². The molecule has 3 rings (SSSR count). The molecule has 0 unspecified atom stereocenters. The molecule has 0 aliphatic carbocycles. The number of hydrogen-bond acceptors (Lipinski definition) is 4. The van der Waals surface area contributed by atoms with Gasteiger partial charge in [0.25, 0.3) is 15.9 Å². The van der Waals surface area contributed by atoms with Crippen molar-refractivity contribution in [2.45, 2.75) is 39.0 Å². The van der Waals surface area contributed by atoms with Crippen molar-refractivity contribution in [2.24, 2.45) is 4.40 Å². The highest BCUT2D eigenvalue weighted by Gasteiger charge is 2.29. The lowest BCUT2D eigenvalue weighted by molar-refractivity contribution is 0.102. The molecule has 2 aromatic carbocycles. The van der Waals surface area contributed by atoms with Gasteiger partial charge in [0.1, 0.15) is 10.7 Å². The Morgan fingerprint density at radius 3 is 2.52 bits per heavy atom. The third-order valence-corrected chi connectivity index (χ3v) is 5.90. The average Bonchev–Trinajstić information content (AvgIpc) is 2.60. The first kappa shape index (κ1) is 19.1. The van der Waals surface area contributed by atoms with Crippen LogP contribution in [-0.2, 0) is 10.0 Å². The third kappa shape index (κ3) is 3.73. The lowest BCUT2D eigenvalue weighted by atomic mass is 10.1. The number of nitrogens with zero attached hydrogens (tertiary/aromatic N) is 2. The van der Waals surface area contributed by atoms with E-state index in [0.29, 0.717) is 23.8 Å². The predicted octanol–water partition coefficient (Wildman–Crippen LogP) is 3.89. The number of hydrogen-bond donors (Lipinski definition) is 1. The first-order valence-electron chi connectivity index (χ1n) is 8.84. The number of benzene rings is 2. The molecule has 0 fully saturated rings. The van der Waals surface area contributed by atoms with Crippen molar-refractivity contribution in [1.82, 2.24) is 0 Å². The van der Waals surface area contributed by atoms with Crippen LogP contribution in [0, 0.1) is 13.8 Å². The molecule has 0 saturated heterocycles. The van der Waals surface area contributed by atoms with E-state index in [2.05, 4.69) is 9.71 Å². The fourth-order valence-electron chi connectivity index (χ4n) is 3.19. The zero-order valence-corrected chi connectivity index (χ0v) is 16.7. The maximum absolute atomic E-state index is 12.7. The first-order valence-corrected chi connectivity index (χ1v) is 10.3. The summed E-state index contributed by atoms with van der Waals surface area (Å²) in [6, 6.07) is 10.5. The second-order valence-electron chi connectivity index (χ2n) is 6.72. The summed E-state index contributed by atoms with van der Waals surface area (Å²) in [5, 5.41) is 2.85. The van der Waals surface area contributed by atoms with Gasteiger partial charge in [0, 0.05) is 17.8 Å². The number of amidine groups is 1. The number of anilines is 2. The molecule has 1 N–H and O–H groups in total. The first-order chi connectivity index (χ1) is 12.7. The quantitative estimate of drug-likeness (QED) is 0.866. The van der Waals surface area contributed by atoms with Crippen molar-refractivity contribution in [3.05, 3.63) is 53.1 Å². The molecule has 1 aliphatic rings. The maximum atomic E-state index is 12.7. The van der Waals surface area contributed by atoms with Gasteiger partial charge in [-0.1, -0.05) is 24.6 Å². The van der Waals surface area contributed by atoms with E-state index in [0.717, 1.165) is 17.5 Å². The van der Waals surface area contributed by atoms with Gasteiger partial charge in [-0.25, -0.2) is 0 Å². The van der Waals surface area contributed by atoms with E-state index in [1.807, 2.05) is 43.9 Å². The van der Waals surface area contributed by atoms with Crippen LogP contribution in [0.15, 0.2) is 45.7 Å². The Kier molecular flexibility index (Phi) is 5.06. The molecule has 27 heavy (non-hydrogen) atoms. The number of rotatable bonds is 4. The summed E-state index contributed by atoms with van der Waals surface area (Å²) in [5.74, 6) is 0.0881. The molecule has 7 heteroatoms. The third-order valence-electron chi connectivity index (χ3n) is 4.51. The van der Waals surface area contributed by atoms with Crippen LogP contribution in [0.3, 0.4) is 0 Å². The molecule has 6 nitrogen and oxygen atoms in total. The van der Waals surface area contributed by atoms with Crippen molar-refractivity contribution in [3.8, 4) is 0 Å². The zero-order valence-electron chi connectivity index (χ0n) is 15.9. The summed E-state index contributed by atoms with van der Waals surface area (Å²) < 4.78 is 28.9. The summed E-state index contributed by atoms with van der Waals surface area (Å²) in [5.41, 5.74) is 3.60. The van der Waals surface area contributed by atoms with E-state index in [-0.39, 0.29) is 16.4 Å². The fraction of sp³-hybridized carbons (Fsp3) is 0.300. The highest BCUT2D eigenvalue weighted by molar-refractivity contribution is 7.90. The molecular formula is C20H23N3O3S. The topological polar surface area (TPSA) is 78.8 Å². The molecule has 0 saturated carbocycles. The standard InChI is InChI=1S/C20H23N3O3S/c1-5-10-23-15(4)22-27(25,26)19-12-16(7-9-18(19)23)20(24)21-17-8-6-13(2)11-14(17)3/h6-9,11-12H,5,10H2,1-4H3,(H,21,24). The molecule has 0 spiro atoms. The van der Waals surface area contributed by atoms with Crippen LogP contribution in [-0.4, -0.2) is 26.7 Å². The van der Waals surface area contributed by atoms with E-state index < -0.39 is 10.0 Å². The number of sulfonamides is 1. The maximum Gasteiger partial charge on any atom is 0.286 e. The molecule has 1 amide bonds. The zero-order chi connectivity index (χ0) is 19.8. The molecule has 0 radical (unpaired) electrons. The minimum absolute atomic E-state index is 0.0647. The van der Waals surface area contributed by atoms with Crippen LogP contribution >= 0.6 is 0 Å². The fourth-order valence-corrected chi connectivity index (χ4v) is 4.45. The van der Waals surface area contributed by atoms with Gasteiger partial charge >= 0.3 is 0 Å². The Hall–Kier alpha value is -2.67. The number of nitrogens with one attached hydrogen (secondary N) is 1. The Balaban J connectivity index is 1.97. The Labute approximate surface area is 160 Å². The van der Waals surface area contributed by atoms with E-state index in [4.69, 9.17) is 0 Å². The lowest BCUT2D eigenvalue weighted by Crippen LogP contribution is -2.34. The molecule has 142 valence electrons. The number of aryl methyl sites for hydroxylation is 2. The van der Waals surface area contributed by atoms with Gasteiger partial charge in [-0.3, -0.25) is 4.79 Å². The second kappa shape index (κ2) is 7.15. The monoisotopic (exact) mass is 385 g/mol. The van der Waals surface area contributed by atoms with Crippen molar-refractivity contribution in [3.63, 3.8) is 0 Å². The highest BCUT2D eigenvalue weighted by Crippen LogP contribution is 2.33. The Bertz CT molecular complexity index is 1040. The average molecular weight is 385 g/mol. The van der Waals surface area contributed by atoms with Crippen LogP contribution in [0.1, 0.15) is 41.8 Å². The van der Waals surface area contributed by atoms with E-state index in [1.54, 1.807) is 19.1 Å². The van der Waals surface area contributed by atoms with E-state index >= 15 is 0 Å². The van der Waals surface area contributed by atoms with Crippen LogP contribution in [0.2, 0.25) is 0 Å². The molecule has 1 aliphatic heterocycles. The lowest BCUT2D eigenvalue weighted by Gasteiger charge is -2.29. The number of fused-ring (bicyclic) bond motifs is 1. The molecule has 0 aromatic heterocycles. The number of carbonyl (C=O) groups excluding carboxylic acids is 1. The van der Waals surface area contributed by atoms with E-state index in [9.17, 15) is 13.2 Å². The summed E-state index contributed by atoms with van der Waals surface area (Å²) in [4.78, 5) is 14.6. The van der Waals surface area contributed by atoms with Gasteiger partial charge < -0.3 is 10.2 Å². The Morgan fingerprint density at radius 1 is 1.11 bits per heavy atom. The van der Waals surface area contributed by atoms with E-state index in [1.165, 1.54) is 6.07 Å². The van der Waals surface area contributed by atoms with Crippen molar-refractivity contribution < 1.29 is 13.2 Å². The van der Waals surface area contributed by atoms with Crippen molar-refractivity contribution >= 4 is 33.1 Å². The van der Waals surface area contributed by atoms with Gasteiger partial charge in [-0.2, -0.15) is 8.42 Å². The second-order valence-corrected chi connectivity index (χ2v) is 8.29. The SMILES string of the molecule is CCCN1C(C)=NS(=O)(=O)c2cc(C(=O)Nc3ccc(C)cc3C)ccc21. The number of amides is 1. The molecule has 2 aromatic rings. The predicted molar refractivity (Wildman–Crippen MR) is 108 cm³/mol. The minimum atomic E-state index is -3.82. The van der Waals surface area contributed by atoms with Gasteiger partial charge in [0.05, 0.1) is 5.69 Å². The van der Waals surface area contributed by atoms with Crippen molar-refractivity contribution in [2.75, 3.05) is 16.8 Å². The Morgan fingerprint density at radius 2 is 1.85 bits per heavy atom. The molecular weight excluding hydrogens is 362 g/mol. The minimum Gasteiger partial charge on any atom is -0.328 e. The summed E-state index contributed by atoms with van der Waals surface area (Å²) in [6.07, 6.45) is 0.848. The van der Waals surface area contributed by atoms with Crippen LogP contribution in [0.25, 0.3) is 0 Å². The normalized spacial score (nSPS) is 15.1. The van der Waals surface area contributed by atoms with Gasteiger partial charge in [-0.15, -0.1) is 4.40 Å². The summed E-state index contributed by atoms with van der Waals surface area (Å²) in [7, 11) is -3.82. The smallest absolute Gasteiger partial charge is 0.286 e. The largest absolute Gasteiger partial charge is 0.328 e. The van der Waals surface area contributed by atoms with Gasteiger partial charge in [-0.05, 0) is 57.0 Å². The van der Waals surface area contributed by atoms with Crippen LogP contribution < -0.4 is 10.2 Å². The molecule has 0 atom stereocenters. The van der Waals surface area contributed by atoms with Gasteiger partial charge in [0.2, 0.25) is 0 Å². The summed E-state index contributed by atoms with van der Waals surface area (Å²) >= 11 is 0. The van der Waals surface area contributed by atoms with Crippen molar-refractivity contribution in [1.29, 1.82) is 0 Å². The molecule has 0 bridgehead atoms. The van der Waals surface area contributed by atoms with Crippen LogP contribution in [0.5, 0.6) is 0 Å². The highest BCUT2D eigenvalue weighted by atomic mass is 32.2. The van der Waals surface area contributed by atoms with Gasteiger partial charge in [0.15, 0.2) is 0 Å². The summed E-state index contributed by atoms with van der Waals surface area (Å²) in [6.45, 7) is 8.25. The molecule has 1 heterocycles. The number of carbonyl (C=O) groups is 1.